The van der Waals surface area contributed by atoms with E-state index in [4.69, 9.17) is 12.2 Å². The van der Waals surface area contributed by atoms with E-state index in [9.17, 15) is 9.59 Å². The molecule has 1 heterocycles. The topological polar surface area (TPSA) is 61.4 Å². The second-order valence-corrected chi connectivity index (χ2v) is 8.61. The van der Waals surface area contributed by atoms with Crippen LogP contribution in [0.3, 0.4) is 0 Å². The molecule has 3 rings (SSSR count). The van der Waals surface area contributed by atoms with E-state index in [-0.39, 0.29) is 16.9 Å². The molecule has 2 aromatic rings. The number of nitrogens with zero attached hydrogens (tertiary/aromatic N) is 1. The molecule has 0 radical (unpaired) electrons. The number of amides is 2. The average Bonchev–Trinajstić information content (AvgIpc) is 2.74. The highest BCUT2D eigenvalue weighted by molar-refractivity contribution is 7.80. The van der Waals surface area contributed by atoms with E-state index in [0.29, 0.717) is 28.7 Å². The van der Waals surface area contributed by atoms with Crippen molar-refractivity contribution in [2.75, 3.05) is 18.4 Å². The van der Waals surface area contributed by atoms with Crippen LogP contribution in [0.4, 0.5) is 5.69 Å². The molecule has 0 bridgehead atoms. The predicted octanol–water partition coefficient (Wildman–Crippen LogP) is 4.81. The second kappa shape index (κ2) is 9.85. The number of nitrogens with one attached hydrogen (secondary N) is 2. The van der Waals surface area contributed by atoms with Crippen LogP contribution >= 0.6 is 12.2 Å². The Hall–Kier alpha value is -2.73. The third kappa shape index (κ3) is 5.45. The summed E-state index contributed by atoms with van der Waals surface area (Å²) in [7, 11) is 0. The summed E-state index contributed by atoms with van der Waals surface area (Å²) in [5.41, 5.74) is 2.87. The van der Waals surface area contributed by atoms with Crippen molar-refractivity contribution < 1.29 is 9.59 Å². The number of piperidine rings is 1. The number of thiocarbonyl (C=S) groups is 1. The molecule has 158 valence electrons. The summed E-state index contributed by atoms with van der Waals surface area (Å²) >= 11 is 5.33. The Morgan fingerprint density at radius 1 is 1.03 bits per heavy atom. The number of para-hydroxylation sites is 1. The van der Waals surface area contributed by atoms with E-state index >= 15 is 0 Å². The Labute approximate surface area is 183 Å². The lowest BCUT2D eigenvalue weighted by atomic mass is 9.98. The molecule has 2 amide bonds. The van der Waals surface area contributed by atoms with E-state index in [1.165, 1.54) is 5.56 Å². The largest absolute Gasteiger partial charge is 0.339 e. The van der Waals surface area contributed by atoms with Gasteiger partial charge in [-0.25, -0.2) is 0 Å². The Bertz CT molecular complexity index is 916. The first-order chi connectivity index (χ1) is 14.3. The normalized spacial score (nSPS) is 14.5. The summed E-state index contributed by atoms with van der Waals surface area (Å²) in [6, 6.07) is 14.8. The third-order valence-corrected chi connectivity index (χ3v) is 5.75. The van der Waals surface area contributed by atoms with Crippen molar-refractivity contribution in [3.63, 3.8) is 0 Å². The molecular formula is C24H29N3O2S. The molecule has 30 heavy (non-hydrogen) atoms. The maximum atomic E-state index is 13.0. The Balaban J connectivity index is 1.65. The minimum Gasteiger partial charge on any atom is -0.339 e. The van der Waals surface area contributed by atoms with Gasteiger partial charge in [-0.15, -0.1) is 0 Å². The molecule has 0 atom stereocenters. The summed E-state index contributed by atoms with van der Waals surface area (Å²) in [4.78, 5) is 27.4. The maximum Gasteiger partial charge on any atom is 0.257 e. The zero-order valence-corrected chi connectivity index (χ0v) is 18.6. The average molecular weight is 424 g/mol. The van der Waals surface area contributed by atoms with Crippen molar-refractivity contribution in [3.8, 4) is 0 Å². The number of carbonyl (C=O) groups excluding carboxylic acids is 2. The molecule has 1 aliphatic rings. The van der Waals surface area contributed by atoms with Gasteiger partial charge in [0.25, 0.3) is 11.8 Å². The van der Waals surface area contributed by atoms with E-state index in [0.717, 1.165) is 25.9 Å². The van der Waals surface area contributed by atoms with Crippen LogP contribution in [0.5, 0.6) is 0 Å². The lowest BCUT2D eigenvalue weighted by molar-refractivity contribution is 0.0698. The van der Waals surface area contributed by atoms with Gasteiger partial charge in [0.15, 0.2) is 5.11 Å². The van der Waals surface area contributed by atoms with Gasteiger partial charge >= 0.3 is 0 Å². The number of rotatable bonds is 4. The van der Waals surface area contributed by atoms with Crippen LogP contribution in [0.15, 0.2) is 48.5 Å². The van der Waals surface area contributed by atoms with Crippen LogP contribution < -0.4 is 10.6 Å². The van der Waals surface area contributed by atoms with Crippen molar-refractivity contribution in [2.24, 2.45) is 5.92 Å². The van der Waals surface area contributed by atoms with Gasteiger partial charge in [0.2, 0.25) is 0 Å². The molecule has 1 fully saturated rings. The van der Waals surface area contributed by atoms with Crippen LogP contribution in [-0.2, 0) is 0 Å². The molecule has 0 aromatic heterocycles. The number of carbonyl (C=O) groups is 2. The van der Waals surface area contributed by atoms with Crippen molar-refractivity contribution >= 4 is 34.8 Å². The van der Waals surface area contributed by atoms with E-state index < -0.39 is 0 Å². The zero-order valence-electron chi connectivity index (χ0n) is 17.8. The smallest absolute Gasteiger partial charge is 0.257 e. The van der Waals surface area contributed by atoms with Crippen molar-refractivity contribution in [1.29, 1.82) is 0 Å². The molecule has 1 aliphatic heterocycles. The molecule has 2 N–H and O–H groups in total. The van der Waals surface area contributed by atoms with Gasteiger partial charge < -0.3 is 10.2 Å². The van der Waals surface area contributed by atoms with E-state index in [1.54, 1.807) is 24.3 Å². The Morgan fingerprint density at radius 3 is 2.30 bits per heavy atom. The van der Waals surface area contributed by atoms with Crippen LogP contribution in [0.1, 0.15) is 65.8 Å². The molecule has 0 aliphatic carbocycles. The first-order valence-electron chi connectivity index (χ1n) is 10.5. The second-order valence-electron chi connectivity index (χ2n) is 8.21. The summed E-state index contributed by atoms with van der Waals surface area (Å²) in [6.45, 7) is 7.97. The first-order valence-corrected chi connectivity index (χ1v) is 10.9. The molecule has 0 saturated carbocycles. The standard InChI is InChI=1S/C24H29N3O2S/c1-16(2)18-8-10-19(11-9-18)22(28)26-24(30)25-21-7-5-4-6-20(21)23(29)27-14-12-17(3)13-15-27/h4-11,16-17H,12-15H2,1-3H3,(H2,25,26,28,30). The quantitative estimate of drug-likeness (QED) is 0.693. The first kappa shape index (κ1) is 22.0. The van der Waals surface area contributed by atoms with E-state index in [1.807, 2.05) is 29.2 Å². The summed E-state index contributed by atoms with van der Waals surface area (Å²) in [5, 5.41) is 5.89. The molecule has 1 saturated heterocycles. The third-order valence-electron chi connectivity index (χ3n) is 5.54. The summed E-state index contributed by atoms with van der Waals surface area (Å²) in [5.74, 6) is 0.766. The minimum absolute atomic E-state index is 0.0107. The fourth-order valence-corrected chi connectivity index (χ4v) is 3.71. The van der Waals surface area contributed by atoms with E-state index in [2.05, 4.69) is 31.4 Å². The molecule has 0 spiro atoms. The van der Waals surface area contributed by atoms with Crippen LogP contribution in [-0.4, -0.2) is 34.9 Å². The fourth-order valence-electron chi connectivity index (χ4n) is 3.51. The minimum atomic E-state index is -0.281. The Morgan fingerprint density at radius 2 is 1.67 bits per heavy atom. The number of likely N-dealkylation sites (tertiary alicyclic amines) is 1. The van der Waals surface area contributed by atoms with Gasteiger partial charge in [0.05, 0.1) is 11.3 Å². The molecule has 5 nitrogen and oxygen atoms in total. The molecule has 6 heteroatoms. The SMILES string of the molecule is CC1CCN(C(=O)c2ccccc2NC(=S)NC(=O)c2ccc(C(C)C)cc2)CC1. The van der Waals surface area contributed by atoms with Crippen LogP contribution in [0.2, 0.25) is 0 Å². The molecule has 2 aromatic carbocycles. The number of benzene rings is 2. The van der Waals surface area contributed by atoms with Gasteiger partial charge in [-0.3, -0.25) is 14.9 Å². The highest BCUT2D eigenvalue weighted by Crippen LogP contribution is 2.22. The highest BCUT2D eigenvalue weighted by Gasteiger charge is 2.23. The van der Waals surface area contributed by atoms with Gasteiger partial charge in [0, 0.05) is 18.7 Å². The zero-order chi connectivity index (χ0) is 21.7. The maximum absolute atomic E-state index is 13.0. The van der Waals surface area contributed by atoms with Crippen LogP contribution in [0.25, 0.3) is 0 Å². The highest BCUT2D eigenvalue weighted by atomic mass is 32.1. The van der Waals surface area contributed by atoms with Crippen LogP contribution in [0, 0.1) is 5.92 Å². The van der Waals surface area contributed by atoms with Gasteiger partial charge in [-0.2, -0.15) is 0 Å². The molecule has 0 unspecified atom stereocenters. The van der Waals surface area contributed by atoms with Crippen molar-refractivity contribution in [2.45, 2.75) is 39.5 Å². The molecular weight excluding hydrogens is 394 g/mol. The van der Waals surface area contributed by atoms with Crippen molar-refractivity contribution in [1.82, 2.24) is 10.2 Å². The Kier molecular flexibility index (Phi) is 7.21. The monoisotopic (exact) mass is 423 g/mol. The lowest BCUT2D eigenvalue weighted by Gasteiger charge is -2.30. The number of anilines is 1. The fraction of sp³-hybridized carbons (Fsp3) is 0.375. The van der Waals surface area contributed by atoms with Gasteiger partial charge in [0.1, 0.15) is 0 Å². The summed E-state index contributed by atoms with van der Waals surface area (Å²) < 4.78 is 0. The number of hydrogen-bond donors (Lipinski definition) is 2. The predicted molar refractivity (Wildman–Crippen MR) is 125 cm³/mol. The van der Waals surface area contributed by atoms with Gasteiger partial charge in [-0.1, -0.05) is 45.0 Å². The summed E-state index contributed by atoms with van der Waals surface area (Å²) in [6.07, 6.45) is 2.04. The van der Waals surface area contributed by atoms with Crippen molar-refractivity contribution in [3.05, 3.63) is 65.2 Å². The lowest BCUT2D eigenvalue weighted by Crippen LogP contribution is -2.39. The van der Waals surface area contributed by atoms with Gasteiger partial charge in [-0.05, 0) is 66.7 Å². The number of hydrogen-bond acceptors (Lipinski definition) is 3.